The van der Waals surface area contributed by atoms with Crippen LogP contribution >= 0.6 is 0 Å². The van der Waals surface area contributed by atoms with E-state index >= 15 is 0 Å². The van der Waals surface area contributed by atoms with Gasteiger partial charge in [-0.05, 0) is 19.3 Å². The first-order chi connectivity index (χ1) is 5.00. The summed E-state index contributed by atoms with van der Waals surface area (Å²) in [6.07, 6.45) is 0.802. The third-order valence-electron chi connectivity index (χ3n) is 1.76. The van der Waals surface area contributed by atoms with Crippen molar-refractivity contribution in [2.24, 2.45) is 11.7 Å². The van der Waals surface area contributed by atoms with Crippen LogP contribution in [-0.2, 0) is 4.79 Å². The number of carboxylic acid groups (broad SMARTS) is 1. The Morgan fingerprint density at radius 2 is 2.09 bits per heavy atom. The number of allylic oxidation sites excluding steroid dienone is 1. The van der Waals surface area contributed by atoms with Crippen LogP contribution in [0.4, 0.5) is 0 Å². The molecule has 0 spiro atoms. The van der Waals surface area contributed by atoms with Gasteiger partial charge in [-0.3, -0.25) is 0 Å². The van der Waals surface area contributed by atoms with Crippen LogP contribution in [0.5, 0.6) is 0 Å². The van der Waals surface area contributed by atoms with Crippen molar-refractivity contribution in [2.45, 2.75) is 27.2 Å². The van der Waals surface area contributed by atoms with Crippen molar-refractivity contribution in [3.8, 4) is 0 Å². The molecule has 0 aliphatic carbocycles. The lowest BCUT2D eigenvalue weighted by Gasteiger charge is -2.10. The second-order valence-corrected chi connectivity index (χ2v) is 2.71. The fourth-order valence-electron chi connectivity index (χ4n) is 0.972. The van der Waals surface area contributed by atoms with E-state index in [1.807, 2.05) is 13.8 Å². The van der Waals surface area contributed by atoms with Gasteiger partial charge in [-0.25, -0.2) is 4.79 Å². The van der Waals surface area contributed by atoms with Crippen molar-refractivity contribution < 1.29 is 9.90 Å². The Labute approximate surface area is 66.9 Å². The summed E-state index contributed by atoms with van der Waals surface area (Å²) in [5.74, 6) is -0.864. The fraction of sp³-hybridized carbons (Fsp3) is 0.625. The van der Waals surface area contributed by atoms with Crippen molar-refractivity contribution in [1.82, 2.24) is 0 Å². The first-order valence-corrected chi connectivity index (χ1v) is 3.70. The van der Waals surface area contributed by atoms with Gasteiger partial charge in [-0.1, -0.05) is 13.8 Å². The number of rotatable bonds is 3. The minimum Gasteiger partial charge on any atom is -0.478 e. The molecule has 0 saturated carbocycles. The lowest BCUT2D eigenvalue weighted by molar-refractivity contribution is -0.133. The summed E-state index contributed by atoms with van der Waals surface area (Å²) in [7, 11) is 0. The molecule has 0 aromatic rings. The maximum absolute atomic E-state index is 10.6. The molecule has 1 atom stereocenters. The van der Waals surface area contributed by atoms with Crippen molar-refractivity contribution in [1.29, 1.82) is 0 Å². The highest BCUT2D eigenvalue weighted by Crippen LogP contribution is 2.15. The van der Waals surface area contributed by atoms with Gasteiger partial charge in [0.25, 0.3) is 0 Å². The van der Waals surface area contributed by atoms with Gasteiger partial charge in [-0.2, -0.15) is 0 Å². The minimum absolute atomic E-state index is 0.0394. The van der Waals surface area contributed by atoms with Crippen LogP contribution in [0.1, 0.15) is 27.2 Å². The quantitative estimate of drug-likeness (QED) is 0.608. The molecule has 0 aromatic carbocycles. The molecular weight excluding hydrogens is 142 g/mol. The predicted octanol–water partition coefficient (Wildman–Crippen LogP) is 1.35. The first-order valence-electron chi connectivity index (χ1n) is 3.70. The zero-order valence-electron chi connectivity index (χ0n) is 7.22. The van der Waals surface area contributed by atoms with Crippen molar-refractivity contribution in [2.75, 3.05) is 0 Å². The Balaban J connectivity index is 4.63. The number of nitrogens with two attached hydrogens (primary N) is 1. The number of carboxylic acids is 1. The van der Waals surface area contributed by atoms with Crippen molar-refractivity contribution >= 4 is 5.97 Å². The van der Waals surface area contributed by atoms with Gasteiger partial charge in [-0.15, -0.1) is 0 Å². The molecule has 0 fully saturated rings. The molecule has 3 N–H and O–H groups in total. The summed E-state index contributed by atoms with van der Waals surface area (Å²) in [6, 6.07) is 0. The Kier molecular flexibility index (Phi) is 3.65. The van der Waals surface area contributed by atoms with E-state index in [1.165, 1.54) is 0 Å². The van der Waals surface area contributed by atoms with Gasteiger partial charge < -0.3 is 10.8 Å². The standard InChI is InChI=1S/C8H15NO2/c1-4-5(2)7(6(3)9)8(10)11/h5H,4,9H2,1-3H3,(H,10,11)/b7-6-. The van der Waals surface area contributed by atoms with E-state index in [2.05, 4.69) is 0 Å². The molecule has 11 heavy (non-hydrogen) atoms. The van der Waals surface area contributed by atoms with Crippen LogP contribution in [0.3, 0.4) is 0 Å². The fourth-order valence-corrected chi connectivity index (χ4v) is 0.972. The van der Waals surface area contributed by atoms with Crippen molar-refractivity contribution in [3.63, 3.8) is 0 Å². The third kappa shape index (κ3) is 2.62. The largest absolute Gasteiger partial charge is 0.478 e. The molecule has 3 nitrogen and oxygen atoms in total. The average molecular weight is 157 g/mol. The van der Waals surface area contributed by atoms with Gasteiger partial charge in [0.1, 0.15) is 0 Å². The summed E-state index contributed by atoms with van der Waals surface area (Å²) in [6.45, 7) is 5.42. The van der Waals surface area contributed by atoms with Crippen LogP contribution < -0.4 is 5.73 Å². The Morgan fingerprint density at radius 1 is 1.64 bits per heavy atom. The van der Waals surface area contributed by atoms with Gasteiger partial charge in [0.05, 0.1) is 5.57 Å². The lowest BCUT2D eigenvalue weighted by Crippen LogP contribution is -2.14. The third-order valence-corrected chi connectivity index (χ3v) is 1.76. The topological polar surface area (TPSA) is 63.3 Å². The highest BCUT2D eigenvalue weighted by atomic mass is 16.4. The van der Waals surface area contributed by atoms with E-state index in [0.717, 1.165) is 6.42 Å². The number of hydrogen-bond donors (Lipinski definition) is 2. The highest BCUT2D eigenvalue weighted by molar-refractivity contribution is 5.87. The molecule has 0 bridgehead atoms. The lowest BCUT2D eigenvalue weighted by atomic mass is 9.97. The molecule has 0 rings (SSSR count). The summed E-state index contributed by atoms with van der Waals surface area (Å²) in [4.78, 5) is 10.6. The Morgan fingerprint density at radius 3 is 2.18 bits per heavy atom. The summed E-state index contributed by atoms with van der Waals surface area (Å²) in [5.41, 5.74) is 6.16. The van der Waals surface area contributed by atoms with Gasteiger partial charge in [0.2, 0.25) is 0 Å². The molecule has 64 valence electrons. The van der Waals surface area contributed by atoms with Crippen LogP contribution in [0.15, 0.2) is 11.3 Å². The van der Waals surface area contributed by atoms with E-state index in [4.69, 9.17) is 10.8 Å². The van der Waals surface area contributed by atoms with Crippen molar-refractivity contribution in [3.05, 3.63) is 11.3 Å². The smallest absolute Gasteiger partial charge is 0.333 e. The van der Waals surface area contributed by atoms with E-state index in [-0.39, 0.29) is 5.92 Å². The molecule has 0 aromatic heterocycles. The molecule has 0 aliphatic heterocycles. The zero-order chi connectivity index (χ0) is 9.02. The maximum Gasteiger partial charge on any atom is 0.333 e. The number of aliphatic carboxylic acids is 1. The molecule has 0 aliphatic rings. The van der Waals surface area contributed by atoms with Gasteiger partial charge in [0.15, 0.2) is 0 Å². The summed E-state index contributed by atoms with van der Waals surface area (Å²) >= 11 is 0. The van der Waals surface area contributed by atoms with Gasteiger partial charge >= 0.3 is 5.97 Å². The van der Waals surface area contributed by atoms with E-state index in [1.54, 1.807) is 6.92 Å². The predicted molar refractivity (Wildman–Crippen MR) is 44.0 cm³/mol. The normalized spacial score (nSPS) is 15.5. The zero-order valence-corrected chi connectivity index (χ0v) is 7.22. The molecule has 0 saturated heterocycles. The monoisotopic (exact) mass is 157 g/mol. The Bertz CT molecular complexity index is 181. The summed E-state index contributed by atoms with van der Waals surface area (Å²) in [5, 5.41) is 8.71. The van der Waals surface area contributed by atoms with Crippen LogP contribution in [0.25, 0.3) is 0 Å². The highest BCUT2D eigenvalue weighted by Gasteiger charge is 2.15. The second kappa shape index (κ2) is 4.01. The van der Waals surface area contributed by atoms with E-state index in [0.29, 0.717) is 11.3 Å². The molecule has 0 radical (unpaired) electrons. The Hall–Kier alpha value is -0.990. The first kappa shape index (κ1) is 10.0. The van der Waals surface area contributed by atoms with Gasteiger partial charge in [0, 0.05) is 5.70 Å². The molecule has 1 unspecified atom stereocenters. The minimum atomic E-state index is -0.903. The maximum atomic E-state index is 10.6. The average Bonchev–Trinajstić information content (AvgIpc) is 1.85. The van der Waals surface area contributed by atoms with Crippen LogP contribution in [0, 0.1) is 5.92 Å². The number of carbonyl (C=O) groups is 1. The number of hydrogen-bond acceptors (Lipinski definition) is 2. The molecular formula is C8H15NO2. The molecule has 3 heteroatoms. The van der Waals surface area contributed by atoms with E-state index in [9.17, 15) is 4.79 Å². The van der Waals surface area contributed by atoms with Crippen LogP contribution in [0.2, 0.25) is 0 Å². The molecule has 0 heterocycles. The second-order valence-electron chi connectivity index (χ2n) is 2.71. The summed E-state index contributed by atoms with van der Waals surface area (Å²) < 4.78 is 0. The molecule has 0 amide bonds. The van der Waals surface area contributed by atoms with Crippen LogP contribution in [-0.4, -0.2) is 11.1 Å². The SMILES string of the molecule is CCC(C)/C(C(=O)O)=C(\C)N. The van der Waals surface area contributed by atoms with E-state index < -0.39 is 5.97 Å².